The van der Waals surface area contributed by atoms with E-state index in [1.165, 1.54) is 12.5 Å². The zero-order valence-corrected chi connectivity index (χ0v) is 9.26. The molecule has 0 spiro atoms. The molecule has 2 aromatic rings. The van der Waals surface area contributed by atoms with E-state index in [2.05, 4.69) is 27.6 Å². The van der Waals surface area contributed by atoms with Gasteiger partial charge in [-0.25, -0.2) is 4.98 Å². The van der Waals surface area contributed by atoms with Crippen molar-refractivity contribution in [2.45, 2.75) is 0 Å². The van der Waals surface area contributed by atoms with Gasteiger partial charge in [0.2, 0.25) is 5.78 Å². The predicted molar refractivity (Wildman–Crippen MR) is 59.1 cm³/mol. The number of hydrogen-bond acceptors (Lipinski definition) is 3. The molecule has 0 saturated heterocycles. The molecule has 70 valence electrons. The third-order valence-corrected chi connectivity index (χ3v) is 2.45. The van der Waals surface area contributed by atoms with Crippen LogP contribution in [-0.4, -0.2) is 10.8 Å². The molecule has 0 atom stereocenters. The summed E-state index contributed by atoms with van der Waals surface area (Å²) in [6.07, 6.45) is 2.85. The summed E-state index contributed by atoms with van der Waals surface area (Å²) in [4.78, 5) is 15.5. The van der Waals surface area contributed by atoms with Gasteiger partial charge in [-0.2, -0.15) is 0 Å². The van der Waals surface area contributed by atoms with E-state index in [0.717, 1.165) is 3.57 Å². The molecule has 0 aliphatic rings. The van der Waals surface area contributed by atoms with Gasteiger partial charge in [0.15, 0.2) is 0 Å². The summed E-state index contributed by atoms with van der Waals surface area (Å²) in [6, 6.07) is 7.26. The Bertz CT molecular complexity index is 434. The molecule has 0 unspecified atom stereocenters. The predicted octanol–water partition coefficient (Wildman–Crippen LogP) is 2.51. The molecule has 0 amide bonds. The highest BCUT2D eigenvalue weighted by molar-refractivity contribution is 14.1. The molecular weight excluding hydrogens is 293 g/mol. The van der Waals surface area contributed by atoms with Crippen LogP contribution in [0.5, 0.6) is 0 Å². The first-order valence-electron chi connectivity index (χ1n) is 3.97. The fourth-order valence-electron chi connectivity index (χ4n) is 1.06. The number of aromatic nitrogens is 1. The molecule has 0 saturated carbocycles. The molecule has 3 nitrogen and oxygen atoms in total. The monoisotopic (exact) mass is 299 g/mol. The van der Waals surface area contributed by atoms with Gasteiger partial charge < -0.3 is 4.42 Å². The lowest BCUT2D eigenvalue weighted by molar-refractivity contribution is 0.100. The summed E-state index contributed by atoms with van der Waals surface area (Å²) in [5.74, 6) is -0.0578. The molecule has 0 N–H and O–H groups in total. The van der Waals surface area contributed by atoms with Crippen molar-refractivity contribution in [1.29, 1.82) is 0 Å². The Kier molecular flexibility index (Phi) is 2.62. The first-order chi connectivity index (χ1) is 6.77. The number of carbonyl (C=O) groups excluding carboxylic acids is 1. The molecule has 0 fully saturated rings. The first-order valence-corrected chi connectivity index (χ1v) is 5.05. The van der Waals surface area contributed by atoms with E-state index in [0.29, 0.717) is 5.56 Å². The van der Waals surface area contributed by atoms with E-state index >= 15 is 0 Å². The van der Waals surface area contributed by atoms with Crippen molar-refractivity contribution < 1.29 is 9.21 Å². The maximum atomic E-state index is 11.7. The number of benzene rings is 1. The van der Waals surface area contributed by atoms with Crippen LogP contribution in [-0.2, 0) is 0 Å². The summed E-state index contributed by atoms with van der Waals surface area (Å²) < 4.78 is 6.01. The second-order valence-corrected chi connectivity index (χ2v) is 3.92. The minimum absolute atomic E-state index is 0.131. The van der Waals surface area contributed by atoms with E-state index in [1.807, 2.05) is 12.1 Å². The van der Waals surface area contributed by atoms with Gasteiger partial charge in [0.25, 0.3) is 5.89 Å². The third-order valence-electron chi connectivity index (χ3n) is 1.73. The van der Waals surface area contributed by atoms with E-state index in [4.69, 9.17) is 4.42 Å². The van der Waals surface area contributed by atoms with Crippen LogP contribution in [0.2, 0.25) is 0 Å². The highest BCUT2D eigenvalue weighted by Gasteiger charge is 2.12. The molecule has 1 aromatic heterocycles. The highest BCUT2D eigenvalue weighted by Crippen LogP contribution is 2.10. The molecule has 1 heterocycles. The van der Waals surface area contributed by atoms with Gasteiger partial charge >= 0.3 is 0 Å². The third kappa shape index (κ3) is 1.84. The second kappa shape index (κ2) is 3.91. The Balaban J connectivity index is 2.33. The number of oxazole rings is 1. The summed E-state index contributed by atoms with van der Waals surface area (Å²) in [7, 11) is 0. The summed E-state index contributed by atoms with van der Waals surface area (Å²) in [5, 5.41) is 0. The Labute approximate surface area is 94.3 Å². The lowest BCUT2D eigenvalue weighted by Crippen LogP contribution is -2.00. The van der Waals surface area contributed by atoms with Crippen LogP contribution in [0.15, 0.2) is 41.1 Å². The Hall–Kier alpha value is -1.17. The summed E-state index contributed by atoms with van der Waals surface area (Å²) in [5.41, 5.74) is 0.591. The Morgan fingerprint density at radius 2 is 2.00 bits per heavy atom. The average molecular weight is 299 g/mol. The van der Waals surface area contributed by atoms with Gasteiger partial charge in [-0.05, 0) is 46.9 Å². The number of halogens is 1. The van der Waals surface area contributed by atoms with Gasteiger partial charge in [-0.3, -0.25) is 4.79 Å². The molecule has 1 aromatic carbocycles. The largest absolute Gasteiger partial charge is 0.442 e. The second-order valence-electron chi connectivity index (χ2n) is 2.67. The van der Waals surface area contributed by atoms with Crippen LogP contribution in [0.4, 0.5) is 0 Å². The lowest BCUT2D eigenvalue weighted by Gasteiger charge is -1.95. The van der Waals surface area contributed by atoms with Crippen molar-refractivity contribution in [3.05, 3.63) is 51.7 Å². The Morgan fingerprint density at radius 1 is 1.29 bits per heavy atom. The average Bonchev–Trinajstić information content (AvgIpc) is 2.71. The normalized spacial score (nSPS) is 10.1. The van der Waals surface area contributed by atoms with Crippen molar-refractivity contribution in [2.75, 3.05) is 0 Å². The fourth-order valence-corrected chi connectivity index (χ4v) is 1.42. The van der Waals surface area contributed by atoms with Crippen molar-refractivity contribution in [1.82, 2.24) is 4.98 Å². The van der Waals surface area contributed by atoms with Gasteiger partial charge in [0, 0.05) is 9.13 Å². The van der Waals surface area contributed by atoms with Crippen molar-refractivity contribution in [3.8, 4) is 0 Å². The molecule has 0 bridgehead atoms. The summed E-state index contributed by atoms with van der Waals surface area (Å²) in [6.45, 7) is 0. The van der Waals surface area contributed by atoms with Crippen LogP contribution in [0, 0.1) is 3.57 Å². The van der Waals surface area contributed by atoms with Gasteiger partial charge in [-0.1, -0.05) is 0 Å². The topological polar surface area (TPSA) is 43.1 Å². The van der Waals surface area contributed by atoms with Crippen molar-refractivity contribution >= 4 is 28.4 Å². The maximum Gasteiger partial charge on any atom is 0.268 e. The van der Waals surface area contributed by atoms with E-state index < -0.39 is 0 Å². The van der Waals surface area contributed by atoms with E-state index in [-0.39, 0.29) is 11.7 Å². The standard InChI is InChI=1S/C10H6INO2/c11-8-3-1-7(2-4-8)9(13)10-12-5-6-14-10/h1-6H. The molecule has 4 heteroatoms. The van der Waals surface area contributed by atoms with E-state index in [1.54, 1.807) is 12.1 Å². The molecule has 0 radical (unpaired) electrons. The minimum atomic E-state index is -0.189. The highest BCUT2D eigenvalue weighted by atomic mass is 127. The zero-order valence-electron chi connectivity index (χ0n) is 7.11. The smallest absolute Gasteiger partial charge is 0.268 e. The maximum absolute atomic E-state index is 11.7. The SMILES string of the molecule is O=C(c1ccc(I)cc1)c1ncco1. The lowest BCUT2D eigenvalue weighted by atomic mass is 10.1. The Morgan fingerprint density at radius 3 is 2.57 bits per heavy atom. The van der Waals surface area contributed by atoms with Gasteiger partial charge in [-0.15, -0.1) is 0 Å². The van der Waals surface area contributed by atoms with Gasteiger partial charge in [0.05, 0.1) is 6.20 Å². The fraction of sp³-hybridized carbons (Fsp3) is 0. The molecule has 2 rings (SSSR count). The molecule has 14 heavy (non-hydrogen) atoms. The summed E-state index contributed by atoms with van der Waals surface area (Å²) >= 11 is 2.18. The quantitative estimate of drug-likeness (QED) is 0.632. The van der Waals surface area contributed by atoms with Crippen LogP contribution < -0.4 is 0 Å². The van der Waals surface area contributed by atoms with Crippen LogP contribution >= 0.6 is 22.6 Å². The number of nitrogens with zero attached hydrogens (tertiary/aromatic N) is 1. The number of rotatable bonds is 2. The van der Waals surface area contributed by atoms with Crippen molar-refractivity contribution in [2.24, 2.45) is 0 Å². The molecule has 0 aliphatic carbocycles. The van der Waals surface area contributed by atoms with Crippen LogP contribution in [0.1, 0.15) is 16.2 Å². The first kappa shape index (κ1) is 9.39. The zero-order chi connectivity index (χ0) is 9.97. The number of carbonyl (C=O) groups is 1. The van der Waals surface area contributed by atoms with Gasteiger partial charge in [0.1, 0.15) is 6.26 Å². The van der Waals surface area contributed by atoms with Crippen LogP contribution in [0.3, 0.4) is 0 Å². The van der Waals surface area contributed by atoms with Crippen LogP contribution in [0.25, 0.3) is 0 Å². The number of ketones is 1. The number of hydrogen-bond donors (Lipinski definition) is 0. The molecule has 0 aliphatic heterocycles. The van der Waals surface area contributed by atoms with E-state index in [9.17, 15) is 4.79 Å². The molecular formula is C10H6INO2. The van der Waals surface area contributed by atoms with Crippen molar-refractivity contribution in [3.63, 3.8) is 0 Å². The minimum Gasteiger partial charge on any atom is -0.442 e.